The van der Waals surface area contributed by atoms with Gasteiger partial charge in [0.25, 0.3) is 0 Å². The number of nitrogens with zero attached hydrogens (tertiary/aromatic N) is 1. The minimum Gasteiger partial charge on any atom is -0.342 e. The maximum absolute atomic E-state index is 14.1. The van der Waals surface area contributed by atoms with Gasteiger partial charge in [0.05, 0.1) is 0 Å². The van der Waals surface area contributed by atoms with E-state index in [1.165, 1.54) is 0 Å². The smallest absolute Gasteiger partial charge is 0.226 e. The van der Waals surface area contributed by atoms with E-state index in [0.717, 1.165) is 23.1 Å². The SMILES string of the molecule is Cc1cc(C)c(C(=O)P(=O)(CCN2CCCC2=O)c2ccccc2)c(C)c1. The number of likely N-dealkylation sites (tertiary alicyclic amines) is 1. The predicted molar refractivity (Wildman–Crippen MR) is 109 cm³/mol. The standard InChI is InChI=1S/C22H26NO3P/c1-16-14-17(2)21(18(3)15-16)22(25)27(26,19-8-5-4-6-9-19)13-12-23-11-7-10-20(23)24/h4-6,8-9,14-15H,7,10-13H2,1-3H3. The molecule has 0 spiro atoms. The zero-order valence-corrected chi connectivity index (χ0v) is 17.1. The van der Waals surface area contributed by atoms with Gasteiger partial charge in [-0.25, -0.2) is 0 Å². The monoisotopic (exact) mass is 383 g/mol. The number of hydrogen-bond donors (Lipinski definition) is 0. The quantitative estimate of drug-likeness (QED) is 0.707. The average Bonchev–Trinajstić information content (AvgIpc) is 3.04. The molecule has 4 nitrogen and oxygen atoms in total. The fourth-order valence-electron chi connectivity index (χ4n) is 3.92. The molecule has 1 fully saturated rings. The second kappa shape index (κ2) is 7.82. The van der Waals surface area contributed by atoms with Crippen molar-refractivity contribution in [1.29, 1.82) is 0 Å². The van der Waals surface area contributed by atoms with Gasteiger partial charge in [0, 0.05) is 36.5 Å². The van der Waals surface area contributed by atoms with Gasteiger partial charge in [0.1, 0.15) is 0 Å². The number of hydrogen-bond acceptors (Lipinski definition) is 3. The first-order chi connectivity index (χ1) is 12.8. The van der Waals surface area contributed by atoms with Crippen molar-refractivity contribution >= 4 is 23.9 Å². The van der Waals surface area contributed by atoms with E-state index in [4.69, 9.17) is 0 Å². The Morgan fingerprint density at radius 1 is 1.07 bits per heavy atom. The molecular formula is C22H26NO3P. The van der Waals surface area contributed by atoms with Crippen LogP contribution in [0.5, 0.6) is 0 Å². The summed E-state index contributed by atoms with van der Waals surface area (Å²) in [5, 5.41) is 0.570. The van der Waals surface area contributed by atoms with Crippen LogP contribution in [0.3, 0.4) is 0 Å². The molecule has 0 aliphatic carbocycles. The molecule has 1 heterocycles. The Morgan fingerprint density at radius 3 is 2.26 bits per heavy atom. The minimum atomic E-state index is -3.37. The summed E-state index contributed by atoms with van der Waals surface area (Å²) in [5.74, 6) is 0.0877. The van der Waals surface area contributed by atoms with Crippen LogP contribution in [0.15, 0.2) is 42.5 Å². The topological polar surface area (TPSA) is 54.5 Å². The summed E-state index contributed by atoms with van der Waals surface area (Å²) < 4.78 is 14.1. The summed E-state index contributed by atoms with van der Waals surface area (Å²) in [7, 11) is -3.37. The van der Waals surface area contributed by atoms with E-state index in [1.54, 1.807) is 17.0 Å². The molecule has 2 aromatic rings. The molecule has 142 valence electrons. The van der Waals surface area contributed by atoms with Crippen LogP contribution in [0, 0.1) is 20.8 Å². The van der Waals surface area contributed by atoms with Crippen LogP contribution in [0.4, 0.5) is 0 Å². The fraction of sp³-hybridized carbons (Fsp3) is 0.364. The van der Waals surface area contributed by atoms with E-state index in [2.05, 4.69) is 0 Å². The van der Waals surface area contributed by atoms with E-state index in [1.807, 2.05) is 51.1 Å². The summed E-state index contributed by atoms with van der Waals surface area (Å²) in [6.45, 7) is 6.83. The number of carbonyl (C=O) groups excluding carboxylic acids is 2. The van der Waals surface area contributed by atoms with E-state index in [9.17, 15) is 14.2 Å². The van der Waals surface area contributed by atoms with Crippen molar-refractivity contribution in [2.75, 3.05) is 19.3 Å². The molecule has 0 N–H and O–H groups in total. The lowest BCUT2D eigenvalue weighted by Gasteiger charge is -2.23. The summed E-state index contributed by atoms with van der Waals surface area (Å²) in [6, 6.07) is 12.9. The van der Waals surface area contributed by atoms with E-state index < -0.39 is 7.14 Å². The Labute approximate surface area is 161 Å². The van der Waals surface area contributed by atoms with Crippen LogP contribution < -0.4 is 5.30 Å². The molecular weight excluding hydrogens is 357 g/mol. The average molecular weight is 383 g/mol. The summed E-state index contributed by atoms with van der Waals surface area (Å²) >= 11 is 0. The van der Waals surface area contributed by atoms with Crippen molar-refractivity contribution in [1.82, 2.24) is 4.90 Å². The van der Waals surface area contributed by atoms with Gasteiger partial charge in [-0.1, -0.05) is 48.0 Å². The third-order valence-electron chi connectivity index (χ3n) is 5.25. The molecule has 3 rings (SSSR count). The summed E-state index contributed by atoms with van der Waals surface area (Å²) in [4.78, 5) is 27.2. The molecule has 0 bridgehead atoms. The molecule has 0 radical (unpaired) electrons. The zero-order chi connectivity index (χ0) is 19.6. The summed E-state index contributed by atoms with van der Waals surface area (Å²) in [6.07, 6.45) is 1.56. The van der Waals surface area contributed by atoms with Crippen LogP contribution in [-0.2, 0) is 9.36 Å². The van der Waals surface area contributed by atoms with Gasteiger partial charge in [-0.15, -0.1) is 0 Å². The van der Waals surface area contributed by atoms with Crippen molar-refractivity contribution in [3.63, 3.8) is 0 Å². The predicted octanol–water partition coefficient (Wildman–Crippen LogP) is 4.06. The molecule has 1 atom stereocenters. The van der Waals surface area contributed by atoms with Gasteiger partial charge >= 0.3 is 0 Å². The Morgan fingerprint density at radius 2 is 1.70 bits per heavy atom. The first kappa shape index (κ1) is 19.6. The van der Waals surface area contributed by atoms with Crippen LogP contribution in [-0.4, -0.2) is 35.6 Å². The zero-order valence-electron chi connectivity index (χ0n) is 16.2. The Kier molecular flexibility index (Phi) is 5.67. The van der Waals surface area contributed by atoms with Gasteiger partial charge in [-0.2, -0.15) is 0 Å². The van der Waals surface area contributed by atoms with Crippen LogP contribution in [0.1, 0.15) is 39.9 Å². The Hall–Kier alpha value is -2.19. The van der Waals surface area contributed by atoms with Gasteiger partial charge < -0.3 is 9.46 Å². The lowest BCUT2D eigenvalue weighted by molar-refractivity contribution is -0.127. The molecule has 1 aliphatic rings. The minimum absolute atomic E-state index is 0.0877. The summed E-state index contributed by atoms with van der Waals surface area (Å²) in [5.41, 5.74) is 3.05. The molecule has 0 saturated carbocycles. The first-order valence-electron chi connectivity index (χ1n) is 9.38. The third kappa shape index (κ3) is 3.91. The third-order valence-corrected chi connectivity index (χ3v) is 8.09. The molecule has 1 amide bonds. The number of aryl methyl sites for hydroxylation is 3. The van der Waals surface area contributed by atoms with E-state index >= 15 is 0 Å². The lowest BCUT2D eigenvalue weighted by Crippen LogP contribution is -2.30. The molecule has 5 heteroatoms. The highest BCUT2D eigenvalue weighted by Gasteiger charge is 2.37. The molecule has 1 unspecified atom stereocenters. The van der Waals surface area contributed by atoms with E-state index in [-0.39, 0.29) is 17.6 Å². The highest BCUT2D eigenvalue weighted by Crippen LogP contribution is 2.49. The van der Waals surface area contributed by atoms with Gasteiger partial charge in [0.15, 0.2) is 7.14 Å². The number of rotatable bonds is 6. The van der Waals surface area contributed by atoms with Crippen LogP contribution in [0.25, 0.3) is 0 Å². The molecule has 0 aromatic heterocycles. The van der Waals surface area contributed by atoms with Crippen LogP contribution >= 0.6 is 7.14 Å². The first-order valence-corrected chi connectivity index (χ1v) is 11.3. The molecule has 27 heavy (non-hydrogen) atoms. The Bertz CT molecular complexity index is 897. The Balaban J connectivity index is 2.01. The van der Waals surface area contributed by atoms with E-state index in [0.29, 0.717) is 30.4 Å². The maximum atomic E-state index is 14.1. The van der Waals surface area contributed by atoms with Gasteiger partial charge in [0.2, 0.25) is 11.4 Å². The largest absolute Gasteiger partial charge is 0.342 e. The van der Waals surface area contributed by atoms with Gasteiger partial charge in [-0.3, -0.25) is 9.59 Å². The number of benzene rings is 2. The highest BCUT2D eigenvalue weighted by atomic mass is 31.2. The second-order valence-corrected chi connectivity index (χ2v) is 10.2. The van der Waals surface area contributed by atoms with Crippen molar-refractivity contribution in [2.45, 2.75) is 33.6 Å². The highest BCUT2D eigenvalue weighted by molar-refractivity contribution is 7.87. The van der Waals surface area contributed by atoms with Crippen molar-refractivity contribution in [3.8, 4) is 0 Å². The van der Waals surface area contributed by atoms with Crippen molar-refractivity contribution < 1.29 is 14.2 Å². The molecule has 1 aliphatic heterocycles. The van der Waals surface area contributed by atoms with Crippen LogP contribution in [0.2, 0.25) is 0 Å². The number of carbonyl (C=O) groups is 2. The number of amides is 1. The maximum Gasteiger partial charge on any atom is 0.226 e. The lowest BCUT2D eigenvalue weighted by atomic mass is 10.0. The molecule has 2 aromatic carbocycles. The van der Waals surface area contributed by atoms with Gasteiger partial charge in [-0.05, 0) is 38.3 Å². The fourth-order valence-corrected chi connectivity index (χ4v) is 6.50. The van der Waals surface area contributed by atoms with Crippen molar-refractivity contribution in [3.05, 3.63) is 64.7 Å². The van der Waals surface area contributed by atoms with Crippen molar-refractivity contribution in [2.24, 2.45) is 0 Å². The normalized spacial score (nSPS) is 16.4. The second-order valence-electron chi connectivity index (χ2n) is 7.36. The molecule has 1 saturated heterocycles.